The predicted octanol–water partition coefficient (Wildman–Crippen LogP) is 1.63. The first-order valence-corrected chi connectivity index (χ1v) is 9.86. The molecule has 2 aliphatic heterocycles. The zero-order valence-electron chi connectivity index (χ0n) is 16.2. The lowest BCUT2D eigenvalue weighted by molar-refractivity contribution is -0.128. The summed E-state index contributed by atoms with van der Waals surface area (Å²) in [5, 5.41) is 15.2. The number of H-pyrrole nitrogens is 1. The van der Waals surface area contributed by atoms with Crippen LogP contribution in [0.1, 0.15) is 35.1 Å². The number of halogens is 1. The van der Waals surface area contributed by atoms with E-state index in [-0.39, 0.29) is 23.7 Å². The molecule has 0 bridgehead atoms. The number of hydrogen-bond acceptors (Lipinski definition) is 5. The van der Waals surface area contributed by atoms with E-state index in [0.717, 1.165) is 24.2 Å². The molecule has 5 rings (SSSR count). The minimum absolute atomic E-state index is 0.0592. The fourth-order valence-corrected chi connectivity index (χ4v) is 3.79. The van der Waals surface area contributed by atoms with E-state index in [2.05, 4.69) is 20.5 Å². The number of aromatic amines is 1. The van der Waals surface area contributed by atoms with Gasteiger partial charge in [-0.25, -0.2) is 9.07 Å². The van der Waals surface area contributed by atoms with Gasteiger partial charge in [-0.3, -0.25) is 14.7 Å². The fourth-order valence-electron chi connectivity index (χ4n) is 3.79. The van der Waals surface area contributed by atoms with Gasteiger partial charge in [-0.15, -0.1) is 5.10 Å². The van der Waals surface area contributed by atoms with Gasteiger partial charge in [0.15, 0.2) is 0 Å². The van der Waals surface area contributed by atoms with Gasteiger partial charge in [0.05, 0.1) is 24.5 Å². The van der Waals surface area contributed by atoms with E-state index in [4.69, 9.17) is 0 Å². The van der Waals surface area contributed by atoms with Gasteiger partial charge in [0.2, 0.25) is 5.91 Å². The number of nitrogens with one attached hydrogen (secondary N) is 1. The number of carbonyl (C=O) groups is 2. The molecule has 0 saturated carbocycles. The molecule has 0 radical (unpaired) electrons. The maximum atomic E-state index is 13.1. The Morgan fingerprint density at radius 3 is 2.77 bits per heavy atom. The Balaban J connectivity index is 1.18. The van der Waals surface area contributed by atoms with Gasteiger partial charge in [0.1, 0.15) is 17.2 Å². The van der Waals surface area contributed by atoms with Crippen molar-refractivity contribution in [3.63, 3.8) is 0 Å². The molecule has 1 N–H and O–H groups in total. The molecule has 2 amide bonds. The summed E-state index contributed by atoms with van der Waals surface area (Å²) in [6, 6.07) is 7.69. The third-order valence-electron chi connectivity index (χ3n) is 5.55. The van der Waals surface area contributed by atoms with Gasteiger partial charge in [-0.05, 0) is 36.8 Å². The SMILES string of the molecule is O=C1CCCN1Cc1cn(C2CN(C(=O)c3cc(-c4ccc(F)cc4)n[nH]3)C2)nn1. The molecule has 0 aliphatic carbocycles. The van der Waals surface area contributed by atoms with Crippen molar-refractivity contribution in [3.05, 3.63) is 53.7 Å². The second-order valence-electron chi connectivity index (χ2n) is 7.65. The van der Waals surface area contributed by atoms with Crippen molar-refractivity contribution in [2.24, 2.45) is 0 Å². The molecule has 9 nitrogen and oxygen atoms in total. The summed E-state index contributed by atoms with van der Waals surface area (Å²) in [5.41, 5.74) is 2.47. The normalized spacial score (nSPS) is 16.9. The molecule has 2 aromatic heterocycles. The van der Waals surface area contributed by atoms with E-state index in [9.17, 15) is 14.0 Å². The van der Waals surface area contributed by atoms with Crippen molar-refractivity contribution in [1.82, 2.24) is 35.0 Å². The second kappa shape index (κ2) is 7.36. The fraction of sp³-hybridized carbons (Fsp3) is 0.350. The highest BCUT2D eigenvalue weighted by atomic mass is 19.1. The highest BCUT2D eigenvalue weighted by Gasteiger charge is 2.34. The van der Waals surface area contributed by atoms with E-state index in [0.29, 0.717) is 37.4 Å². The lowest BCUT2D eigenvalue weighted by atomic mass is 10.1. The average molecular weight is 409 g/mol. The zero-order chi connectivity index (χ0) is 20.7. The Hall–Kier alpha value is -3.56. The summed E-state index contributed by atoms with van der Waals surface area (Å²) < 4.78 is 14.8. The van der Waals surface area contributed by atoms with Gasteiger partial charge in [-0.2, -0.15) is 5.10 Å². The first-order chi connectivity index (χ1) is 14.6. The van der Waals surface area contributed by atoms with E-state index < -0.39 is 0 Å². The predicted molar refractivity (Wildman–Crippen MR) is 104 cm³/mol. The van der Waals surface area contributed by atoms with Gasteiger partial charge in [0.25, 0.3) is 5.91 Å². The van der Waals surface area contributed by atoms with Crippen LogP contribution in [0.5, 0.6) is 0 Å². The summed E-state index contributed by atoms with van der Waals surface area (Å²) >= 11 is 0. The van der Waals surface area contributed by atoms with Gasteiger partial charge in [-0.1, -0.05) is 5.21 Å². The summed E-state index contributed by atoms with van der Waals surface area (Å²) in [5.74, 6) is -0.305. The summed E-state index contributed by atoms with van der Waals surface area (Å²) in [7, 11) is 0. The first kappa shape index (κ1) is 18.5. The van der Waals surface area contributed by atoms with Crippen LogP contribution in [0.15, 0.2) is 36.5 Å². The van der Waals surface area contributed by atoms with E-state index in [1.165, 1.54) is 12.1 Å². The van der Waals surface area contributed by atoms with E-state index >= 15 is 0 Å². The van der Waals surface area contributed by atoms with Crippen LogP contribution in [-0.2, 0) is 11.3 Å². The molecule has 2 aliphatic rings. The molecule has 3 aromatic rings. The van der Waals surface area contributed by atoms with Crippen LogP contribution in [0.25, 0.3) is 11.3 Å². The molecule has 2 fully saturated rings. The largest absolute Gasteiger partial charge is 0.337 e. The molecule has 0 spiro atoms. The number of hydrogen-bond donors (Lipinski definition) is 1. The molecule has 0 unspecified atom stereocenters. The molecule has 30 heavy (non-hydrogen) atoms. The standard InChI is InChI=1S/C20H20FN7O2/c21-14-5-3-13(4-6-14)17-8-18(24-23-17)20(30)27-11-16(12-27)28-10-15(22-25-28)9-26-7-1-2-19(26)29/h3-6,8,10,16H,1-2,7,9,11-12H2,(H,23,24). The number of aromatic nitrogens is 5. The van der Waals surface area contributed by atoms with Crippen LogP contribution in [-0.4, -0.2) is 66.4 Å². The van der Waals surface area contributed by atoms with Crippen molar-refractivity contribution in [3.8, 4) is 11.3 Å². The highest BCUT2D eigenvalue weighted by Crippen LogP contribution is 2.24. The van der Waals surface area contributed by atoms with Crippen molar-refractivity contribution < 1.29 is 14.0 Å². The molecular weight excluding hydrogens is 389 g/mol. The lowest BCUT2D eigenvalue weighted by Gasteiger charge is -2.38. The van der Waals surface area contributed by atoms with Gasteiger partial charge >= 0.3 is 0 Å². The maximum absolute atomic E-state index is 13.1. The Kier molecular flexibility index (Phi) is 4.53. The number of amides is 2. The Morgan fingerprint density at radius 1 is 1.23 bits per heavy atom. The summed E-state index contributed by atoms with van der Waals surface area (Å²) in [6.07, 6.45) is 3.34. The van der Waals surface area contributed by atoms with Crippen LogP contribution in [0.3, 0.4) is 0 Å². The monoisotopic (exact) mass is 409 g/mol. The molecule has 154 valence electrons. The summed E-state index contributed by atoms with van der Waals surface area (Å²) in [6.45, 7) is 2.29. The Labute approximate surface area is 171 Å². The van der Waals surface area contributed by atoms with Crippen LogP contribution in [0, 0.1) is 5.82 Å². The molecule has 10 heteroatoms. The number of likely N-dealkylation sites (tertiary alicyclic amines) is 2. The molecule has 0 atom stereocenters. The highest BCUT2D eigenvalue weighted by molar-refractivity contribution is 5.94. The zero-order valence-corrected chi connectivity index (χ0v) is 16.2. The number of benzene rings is 1. The Bertz CT molecular complexity index is 1080. The van der Waals surface area contributed by atoms with Gasteiger partial charge < -0.3 is 9.80 Å². The van der Waals surface area contributed by atoms with Crippen LogP contribution < -0.4 is 0 Å². The van der Waals surface area contributed by atoms with Crippen molar-refractivity contribution in [1.29, 1.82) is 0 Å². The molecular formula is C20H20FN7O2. The molecule has 4 heterocycles. The van der Waals surface area contributed by atoms with Crippen molar-refractivity contribution >= 4 is 11.8 Å². The Morgan fingerprint density at radius 2 is 2.03 bits per heavy atom. The van der Waals surface area contributed by atoms with Crippen molar-refractivity contribution in [2.75, 3.05) is 19.6 Å². The lowest BCUT2D eigenvalue weighted by Crippen LogP contribution is -2.51. The van der Waals surface area contributed by atoms with Crippen molar-refractivity contribution in [2.45, 2.75) is 25.4 Å². The van der Waals surface area contributed by atoms with E-state index in [1.807, 2.05) is 6.20 Å². The second-order valence-corrected chi connectivity index (χ2v) is 7.65. The van der Waals surface area contributed by atoms with Gasteiger partial charge in [0, 0.05) is 31.6 Å². The van der Waals surface area contributed by atoms with Crippen LogP contribution >= 0.6 is 0 Å². The van der Waals surface area contributed by atoms with E-state index in [1.54, 1.807) is 32.7 Å². The number of carbonyl (C=O) groups excluding carboxylic acids is 2. The maximum Gasteiger partial charge on any atom is 0.272 e. The first-order valence-electron chi connectivity index (χ1n) is 9.86. The smallest absolute Gasteiger partial charge is 0.272 e. The average Bonchev–Trinajstić information content (AvgIpc) is 3.44. The quantitative estimate of drug-likeness (QED) is 0.690. The number of nitrogens with zero attached hydrogens (tertiary/aromatic N) is 6. The minimum atomic E-state index is -0.319. The van der Waals surface area contributed by atoms with Crippen LogP contribution in [0.4, 0.5) is 4.39 Å². The summed E-state index contributed by atoms with van der Waals surface area (Å²) in [4.78, 5) is 27.9. The number of rotatable bonds is 5. The third-order valence-corrected chi connectivity index (χ3v) is 5.55. The minimum Gasteiger partial charge on any atom is -0.337 e. The molecule has 1 aromatic carbocycles. The van der Waals surface area contributed by atoms with Crippen LogP contribution in [0.2, 0.25) is 0 Å². The molecule has 2 saturated heterocycles. The third kappa shape index (κ3) is 3.44. The topological polar surface area (TPSA) is 100 Å².